The molecule has 2 heterocycles. The van der Waals surface area contributed by atoms with E-state index < -0.39 is 67.4 Å². The van der Waals surface area contributed by atoms with Gasteiger partial charge in [-0.2, -0.15) is 26.3 Å². The number of nitrogens with two attached hydrogens (primary N) is 1. The standard InChI is InChI=1S/C14H7ClF7N5O2/c1-25-9-4(15)2-5(16)10(8(9)24-11(25)14(20,21)22)26-7(28)3-6(13(17,18)19)27(23)12(26)29/h2-3H,23H2,1H3. The summed E-state index contributed by atoms with van der Waals surface area (Å²) in [6.07, 6.45) is -10.2. The summed E-state index contributed by atoms with van der Waals surface area (Å²) in [6.45, 7) is 0. The third kappa shape index (κ3) is 3.12. The number of hydrogen-bond acceptors (Lipinski definition) is 4. The summed E-state index contributed by atoms with van der Waals surface area (Å²) in [4.78, 5) is 27.6. The maximum absolute atomic E-state index is 14.5. The van der Waals surface area contributed by atoms with Gasteiger partial charge in [-0.1, -0.05) is 11.6 Å². The molecule has 15 heteroatoms. The van der Waals surface area contributed by atoms with Crippen molar-refractivity contribution in [2.24, 2.45) is 7.05 Å². The molecule has 0 radical (unpaired) electrons. The number of aromatic nitrogens is 4. The van der Waals surface area contributed by atoms with Crippen LogP contribution in [0.1, 0.15) is 11.5 Å². The fraction of sp³-hybridized carbons (Fsp3) is 0.214. The Morgan fingerprint density at radius 1 is 1.07 bits per heavy atom. The summed E-state index contributed by atoms with van der Waals surface area (Å²) < 4.78 is 92.5. The Hall–Kier alpha value is -3.03. The Kier molecular flexibility index (Phi) is 4.45. The van der Waals surface area contributed by atoms with E-state index in [0.717, 1.165) is 7.05 Å². The van der Waals surface area contributed by atoms with Crippen LogP contribution in [0.2, 0.25) is 5.02 Å². The van der Waals surface area contributed by atoms with Gasteiger partial charge in [0.15, 0.2) is 11.5 Å². The minimum absolute atomic E-state index is 0.102. The number of rotatable bonds is 1. The number of halogens is 8. The van der Waals surface area contributed by atoms with Gasteiger partial charge in [0.1, 0.15) is 11.2 Å². The molecule has 0 aliphatic rings. The van der Waals surface area contributed by atoms with Crippen molar-refractivity contribution in [3.63, 3.8) is 0 Å². The number of benzene rings is 1. The van der Waals surface area contributed by atoms with E-state index in [0.29, 0.717) is 10.6 Å². The Labute approximate surface area is 159 Å². The molecule has 29 heavy (non-hydrogen) atoms. The van der Waals surface area contributed by atoms with Crippen LogP contribution in [0.5, 0.6) is 0 Å². The Morgan fingerprint density at radius 2 is 1.66 bits per heavy atom. The molecule has 0 unspecified atom stereocenters. The highest BCUT2D eigenvalue weighted by Gasteiger charge is 2.39. The lowest BCUT2D eigenvalue weighted by atomic mass is 10.2. The number of imidazole rings is 1. The average Bonchev–Trinajstić information content (AvgIpc) is 2.90. The molecule has 7 nitrogen and oxygen atoms in total. The second-order valence-corrected chi connectivity index (χ2v) is 6.14. The Balaban J connectivity index is 2.51. The molecular formula is C14H7ClF7N5O2. The van der Waals surface area contributed by atoms with Crippen molar-refractivity contribution >= 4 is 22.6 Å². The SMILES string of the molecule is Cn1c(C(F)(F)F)nc2c(-n3c(=O)cc(C(F)(F)F)n(N)c3=O)c(F)cc(Cl)c21. The molecule has 2 N–H and O–H groups in total. The van der Waals surface area contributed by atoms with E-state index in [2.05, 4.69) is 4.98 Å². The minimum atomic E-state index is -5.20. The Morgan fingerprint density at radius 3 is 2.17 bits per heavy atom. The van der Waals surface area contributed by atoms with E-state index in [1.54, 1.807) is 0 Å². The second kappa shape index (κ2) is 6.23. The molecule has 1 aromatic carbocycles. The molecular weight excluding hydrogens is 439 g/mol. The van der Waals surface area contributed by atoms with Crippen LogP contribution in [0.15, 0.2) is 21.7 Å². The third-order valence-electron chi connectivity index (χ3n) is 3.93. The topological polar surface area (TPSA) is 87.8 Å². The fourth-order valence-corrected chi connectivity index (χ4v) is 3.06. The van der Waals surface area contributed by atoms with Gasteiger partial charge in [-0.15, -0.1) is 0 Å². The van der Waals surface area contributed by atoms with Crippen LogP contribution in [0.3, 0.4) is 0 Å². The van der Waals surface area contributed by atoms with Gasteiger partial charge >= 0.3 is 18.0 Å². The zero-order valence-electron chi connectivity index (χ0n) is 13.9. The van der Waals surface area contributed by atoms with E-state index in [1.165, 1.54) is 0 Å². The van der Waals surface area contributed by atoms with Crippen molar-refractivity contribution in [1.82, 2.24) is 18.8 Å². The highest BCUT2D eigenvalue weighted by molar-refractivity contribution is 6.35. The number of fused-ring (bicyclic) bond motifs is 1. The monoisotopic (exact) mass is 445 g/mol. The van der Waals surface area contributed by atoms with Crippen molar-refractivity contribution < 1.29 is 30.7 Å². The highest BCUT2D eigenvalue weighted by atomic mass is 35.5. The summed E-state index contributed by atoms with van der Waals surface area (Å²) in [6, 6.07) is 0.389. The van der Waals surface area contributed by atoms with Crippen LogP contribution in [-0.2, 0) is 19.4 Å². The number of aryl methyl sites for hydroxylation is 1. The van der Waals surface area contributed by atoms with E-state index >= 15 is 0 Å². The van der Waals surface area contributed by atoms with Crippen LogP contribution in [0, 0.1) is 5.82 Å². The molecule has 156 valence electrons. The minimum Gasteiger partial charge on any atom is -0.335 e. The van der Waals surface area contributed by atoms with Gasteiger partial charge in [-0.25, -0.2) is 23.4 Å². The van der Waals surface area contributed by atoms with Gasteiger partial charge in [0.05, 0.1) is 10.5 Å². The molecule has 0 aliphatic heterocycles. The summed E-state index contributed by atoms with van der Waals surface area (Å²) in [7, 11) is 0.891. The molecule has 0 amide bonds. The smallest absolute Gasteiger partial charge is 0.335 e. The molecule has 0 bridgehead atoms. The van der Waals surface area contributed by atoms with Crippen molar-refractivity contribution in [3.8, 4) is 5.69 Å². The summed E-state index contributed by atoms with van der Waals surface area (Å²) in [5, 5.41) is -0.542. The summed E-state index contributed by atoms with van der Waals surface area (Å²) in [5.74, 6) is 2.05. The van der Waals surface area contributed by atoms with Crippen LogP contribution in [0.4, 0.5) is 30.7 Å². The van der Waals surface area contributed by atoms with E-state index in [1.807, 2.05) is 0 Å². The first-order valence-electron chi connectivity index (χ1n) is 7.29. The molecule has 0 atom stereocenters. The lowest BCUT2D eigenvalue weighted by molar-refractivity contribution is -0.146. The zero-order chi connectivity index (χ0) is 22.0. The lowest BCUT2D eigenvalue weighted by Gasteiger charge is -2.14. The molecule has 2 aromatic heterocycles. The van der Waals surface area contributed by atoms with Gasteiger partial charge < -0.3 is 10.4 Å². The van der Waals surface area contributed by atoms with Gasteiger partial charge in [0.2, 0.25) is 5.82 Å². The van der Waals surface area contributed by atoms with Crippen LogP contribution in [0.25, 0.3) is 16.7 Å². The third-order valence-corrected chi connectivity index (χ3v) is 4.22. The van der Waals surface area contributed by atoms with Gasteiger partial charge in [-0.3, -0.25) is 4.79 Å². The van der Waals surface area contributed by atoms with E-state index in [4.69, 9.17) is 17.4 Å². The summed E-state index contributed by atoms with van der Waals surface area (Å²) >= 11 is 5.77. The molecule has 3 aromatic rings. The summed E-state index contributed by atoms with van der Waals surface area (Å²) in [5.41, 5.74) is -7.89. The first kappa shape index (κ1) is 20.7. The molecule has 0 aliphatic carbocycles. The average molecular weight is 446 g/mol. The molecule has 0 saturated heterocycles. The van der Waals surface area contributed by atoms with Gasteiger partial charge in [-0.05, 0) is 6.07 Å². The predicted octanol–water partition coefficient (Wildman–Crippen LogP) is 2.43. The maximum atomic E-state index is 14.5. The van der Waals surface area contributed by atoms with Crippen molar-refractivity contribution in [2.45, 2.75) is 12.4 Å². The molecule has 0 fully saturated rings. The lowest BCUT2D eigenvalue weighted by Crippen LogP contribution is -2.45. The molecule has 0 spiro atoms. The zero-order valence-corrected chi connectivity index (χ0v) is 14.6. The normalized spacial score (nSPS) is 12.7. The van der Waals surface area contributed by atoms with Crippen molar-refractivity contribution in [1.29, 1.82) is 0 Å². The fourth-order valence-electron chi connectivity index (χ4n) is 2.74. The number of alkyl halides is 6. The van der Waals surface area contributed by atoms with Crippen molar-refractivity contribution in [2.75, 3.05) is 5.84 Å². The van der Waals surface area contributed by atoms with Crippen molar-refractivity contribution in [3.05, 3.63) is 55.3 Å². The Bertz CT molecular complexity index is 1270. The quantitative estimate of drug-likeness (QED) is 0.460. The largest absolute Gasteiger partial charge is 0.449 e. The van der Waals surface area contributed by atoms with Gasteiger partial charge in [0.25, 0.3) is 5.56 Å². The first-order chi connectivity index (χ1) is 13.2. The number of nitrogens with zero attached hydrogens (tertiary/aromatic N) is 4. The number of nitrogen functional groups attached to an aromatic ring is 1. The molecule has 3 rings (SSSR count). The predicted molar refractivity (Wildman–Crippen MR) is 85.7 cm³/mol. The first-order valence-corrected chi connectivity index (χ1v) is 7.67. The maximum Gasteiger partial charge on any atom is 0.449 e. The molecule has 0 saturated carbocycles. The van der Waals surface area contributed by atoms with E-state index in [9.17, 15) is 40.3 Å². The van der Waals surface area contributed by atoms with Crippen LogP contribution in [-0.4, -0.2) is 18.8 Å². The van der Waals surface area contributed by atoms with Gasteiger partial charge in [0, 0.05) is 13.1 Å². The van der Waals surface area contributed by atoms with Crippen LogP contribution >= 0.6 is 11.6 Å². The van der Waals surface area contributed by atoms with E-state index in [-0.39, 0.29) is 10.6 Å². The van der Waals surface area contributed by atoms with Crippen LogP contribution < -0.4 is 17.1 Å². The highest BCUT2D eigenvalue weighted by Crippen LogP contribution is 2.36. The number of hydrogen-bond donors (Lipinski definition) is 1. The second-order valence-electron chi connectivity index (χ2n) is 5.73.